The molecule has 1 amide bonds. The summed E-state index contributed by atoms with van der Waals surface area (Å²) in [5.74, 6) is -6.67. The third kappa shape index (κ3) is 8.06. The molecule has 0 aromatic heterocycles. The summed E-state index contributed by atoms with van der Waals surface area (Å²) >= 11 is 3.12. The summed E-state index contributed by atoms with van der Waals surface area (Å²) in [6.07, 6.45) is -14.9. The van der Waals surface area contributed by atoms with Crippen LogP contribution in [0.3, 0.4) is 0 Å². The van der Waals surface area contributed by atoms with Crippen molar-refractivity contribution in [3.8, 4) is 0 Å². The highest BCUT2D eigenvalue weighted by molar-refractivity contribution is 9.10. The van der Waals surface area contributed by atoms with E-state index < -0.39 is 70.6 Å². The van der Waals surface area contributed by atoms with Crippen molar-refractivity contribution in [1.82, 2.24) is 0 Å². The van der Waals surface area contributed by atoms with E-state index in [0.29, 0.717) is 24.3 Å². The molecule has 216 valence electrons. The van der Waals surface area contributed by atoms with Crippen molar-refractivity contribution in [2.45, 2.75) is 24.6 Å². The lowest BCUT2D eigenvalue weighted by Crippen LogP contribution is -2.48. The number of hydrogen-bond acceptors (Lipinski definition) is 6. The molecular weight excluding hydrogens is 632 g/mol. The Balaban J connectivity index is 1.98. The SMILES string of the molecule is O=C(O[C@H](C(=O)O)[C@H](OC(=O)c1cccc(C(F)(F)F)c1)C(=O)Nc1ccccc1Br)c1cccc(C(F)(F)F)c1. The first-order chi connectivity index (χ1) is 19.1. The number of nitrogens with one attached hydrogen (secondary N) is 1. The van der Waals surface area contributed by atoms with Crippen LogP contribution in [0.25, 0.3) is 0 Å². The summed E-state index contributed by atoms with van der Waals surface area (Å²) in [7, 11) is 0. The van der Waals surface area contributed by atoms with Crippen molar-refractivity contribution >= 4 is 45.4 Å². The molecule has 3 aromatic carbocycles. The van der Waals surface area contributed by atoms with Gasteiger partial charge in [0.2, 0.25) is 12.2 Å². The molecule has 0 unspecified atom stereocenters. The van der Waals surface area contributed by atoms with Crippen molar-refractivity contribution in [3.63, 3.8) is 0 Å². The molecule has 15 heteroatoms. The molecule has 0 aliphatic rings. The molecule has 0 saturated carbocycles. The lowest BCUT2D eigenvalue weighted by molar-refractivity contribution is -0.157. The number of para-hydroxylation sites is 1. The summed E-state index contributed by atoms with van der Waals surface area (Å²) < 4.78 is 88.6. The Morgan fingerprint density at radius 1 is 0.707 bits per heavy atom. The maximum atomic E-state index is 13.1. The summed E-state index contributed by atoms with van der Waals surface area (Å²) in [5, 5.41) is 12.0. The molecule has 2 atom stereocenters. The number of carbonyl (C=O) groups excluding carboxylic acids is 3. The molecule has 0 fully saturated rings. The Kier molecular flexibility index (Phi) is 9.42. The number of carboxylic acids is 1. The van der Waals surface area contributed by atoms with Crippen LogP contribution in [0.2, 0.25) is 0 Å². The highest BCUT2D eigenvalue weighted by Gasteiger charge is 2.42. The van der Waals surface area contributed by atoms with Gasteiger partial charge in [-0.2, -0.15) is 26.3 Å². The van der Waals surface area contributed by atoms with Gasteiger partial charge in [-0.25, -0.2) is 14.4 Å². The van der Waals surface area contributed by atoms with E-state index in [4.69, 9.17) is 9.47 Å². The predicted octanol–water partition coefficient (Wildman–Crippen LogP) is 5.96. The highest BCUT2D eigenvalue weighted by atomic mass is 79.9. The fourth-order valence-electron chi connectivity index (χ4n) is 3.27. The van der Waals surface area contributed by atoms with Gasteiger partial charge in [-0.15, -0.1) is 0 Å². The normalized spacial score (nSPS) is 13.0. The van der Waals surface area contributed by atoms with Gasteiger partial charge < -0.3 is 19.9 Å². The second-order valence-corrected chi connectivity index (χ2v) is 8.97. The number of amides is 1. The Hall–Kier alpha value is -4.40. The van der Waals surface area contributed by atoms with Crippen LogP contribution in [-0.2, 0) is 31.4 Å². The Labute approximate surface area is 235 Å². The topological polar surface area (TPSA) is 119 Å². The lowest BCUT2D eigenvalue weighted by Gasteiger charge is -2.24. The monoisotopic (exact) mass is 647 g/mol. The molecule has 8 nitrogen and oxygen atoms in total. The third-order valence-corrected chi connectivity index (χ3v) is 5.92. The van der Waals surface area contributed by atoms with Gasteiger partial charge in [-0.05, 0) is 64.5 Å². The average Bonchev–Trinajstić information content (AvgIpc) is 2.90. The molecule has 41 heavy (non-hydrogen) atoms. The number of rotatable bonds is 8. The average molecular weight is 648 g/mol. The van der Waals surface area contributed by atoms with E-state index in [2.05, 4.69) is 21.2 Å². The van der Waals surface area contributed by atoms with E-state index in [1.54, 1.807) is 6.07 Å². The first-order valence-corrected chi connectivity index (χ1v) is 11.9. The third-order valence-electron chi connectivity index (χ3n) is 5.23. The van der Waals surface area contributed by atoms with Crippen LogP contribution in [0.4, 0.5) is 32.0 Å². The van der Waals surface area contributed by atoms with Gasteiger partial charge in [0, 0.05) is 4.47 Å². The smallest absolute Gasteiger partial charge is 0.416 e. The van der Waals surface area contributed by atoms with E-state index in [1.165, 1.54) is 18.2 Å². The molecule has 3 aromatic rings. The molecule has 2 N–H and O–H groups in total. The van der Waals surface area contributed by atoms with Gasteiger partial charge in [0.05, 0.1) is 27.9 Å². The molecule has 0 aliphatic heterocycles. The van der Waals surface area contributed by atoms with Crippen molar-refractivity contribution in [1.29, 1.82) is 0 Å². The minimum atomic E-state index is -4.87. The number of benzene rings is 3. The van der Waals surface area contributed by atoms with Crippen LogP contribution in [0.1, 0.15) is 31.8 Å². The summed E-state index contributed by atoms with van der Waals surface area (Å²) in [6.45, 7) is 0. The van der Waals surface area contributed by atoms with Gasteiger partial charge in [-0.3, -0.25) is 4.79 Å². The first kappa shape index (κ1) is 31.1. The van der Waals surface area contributed by atoms with Crippen LogP contribution in [0.15, 0.2) is 77.3 Å². The number of alkyl halides is 6. The van der Waals surface area contributed by atoms with E-state index in [1.807, 2.05) is 0 Å². The van der Waals surface area contributed by atoms with Crippen molar-refractivity contribution in [2.75, 3.05) is 5.32 Å². The molecular formula is C26H16BrF6NO7. The number of carboxylic acid groups (broad SMARTS) is 1. The van der Waals surface area contributed by atoms with Crippen LogP contribution < -0.4 is 5.32 Å². The van der Waals surface area contributed by atoms with Gasteiger partial charge >= 0.3 is 30.3 Å². The fraction of sp³-hybridized carbons (Fsp3) is 0.154. The molecule has 0 bridgehead atoms. The molecule has 3 rings (SSSR count). The van der Waals surface area contributed by atoms with Crippen molar-refractivity contribution < 1.29 is 60.1 Å². The number of hydrogen-bond donors (Lipinski definition) is 2. The Bertz CT molecular complexity index is 1470. The first-order valence-electron chi connectivity index (χ1n) is 11.1. The summed E-state index contributed by atoms with van der Waals surface area (Å²) in [6, 6.07) is 11.3. The summed E-state index contributed by atoms with van der Waals surface area (Å²) in [4.78, 5) is 50.6. The molecule has 0 heterocycles. The van der Waals surface area contributed by atoms with Gasteiger partial charge in [0.1, 0.15) is 0 Å². The zero-order chi connectivity index (χ0) is 30.5. The second kappa shape index (κ2) is 12.4. The number of aliphatic carboxylic acids is 1. The van der Waals surface area contributed by atoms with Crippen molar-refractivity contribution in [2.24, 2.45) is 0 Å². The molecule has 0 aliphatic carbocycles. The predicted molar refractivity (Wildman–Crippen MR) is 132 cm³/mol. The van der Waals surface area contributed by atoms with E-state index in [0.717, 1.165) is 24.3 Å². The van der Waals surface area contributed by atoms with Crippen LogP contribution >= 0.6 is 15.9 Å². The Morgan fingerprint density at radius 2 is 1.17 bits per heavy atom. The minimum absolute atomic E-state index is 0.0333. The zero-order valence-electron chi connectivity index (χ0n) is 20.1. The van der Waals surface area contributed by atoms with Crippen LogP contribution in [0, 0.1) is 0 Å². The maximum Gasteiger partial charge on any atom is 0.416 e. The fourth-order valence-corrected chi connectivity index (χ4v) is 3.66. The van der Waals surface area contributed by atoms with E-state index in [-0.39, 0.29) is 10.2 Å². The minimum Gasteiger partial charge on any atom is -0.478 e. The van der Waals surface area contributed by atoms with E-state index in [9.17, 15) is 50.6 Å². The van der Waals surface area contributed by atoms with Gasteiger partial charge in [0.25, 0.3) is 5.91 Å². The number of ether oxygens (including phenoxy) is 2. The quantitative estimate of drug-likeness (QED) is 0.229. The lowest BCUT2D eigenvalue weighted by atomic mass is 10.1. The number of anilines is 1. The number of carbonyl (C=O) groups is 4. The standard InChI is InChI=1S/C26H16BrF6NO7/c27-17-9-1-2-10-18(17)34-21(35)19(40-23(38)13-5-3-7-15(11-13)25(28,29)30)20(22(36)37)41-24(39)14-6-4-8-16(12-14)26(31,32)33/h1-12,19-20H,(H,34,35)(H,36,37)/t19-,20-/m0/s1. The number of halogens is 7. The number of esters is 2. The van der Waals surface area contributed by atoms with Crippen molar-refractivity contribution in [3.05, 3.63) is 99.5 Å². The Morgan fingerprint density at radius 3 is 1.61 bits per heavy atom. The van der Waals surface area contributed by atoms with Gasteiger partial charge in [-0.1, -0.05) is 24.3 Å². The van der Waals surface area contributed by atoms with Crippen LogP contribution in [-0.4, -0.2) is 41.1 Å². The second-order valence-electron chi connectivity index (χ2n) is 8.12. The maximum absolute atomic E-state index is 13.1. The molecule has 0 saturated heterocycles. The summed E-state index contributed by atoms with van der Waals surface area (Å²) in [5.41, 5.74) is -3.97. The molecule has 0 spiro atoms. The highest BCUT2D eigenvalue weighted by Crippen LogP contribution is 2.31. The molecule has 0 radical (unpaired) electrons. The largest absolute Gasteiger partial charge is 0.478 e. The van der Waals surface area contributed by atoms with E-state index >= 15 is 0 Å². The van der Waals surface area contributed by atoms with Gasteiger partial charge in [0.15, 0.2) is 0 Å². The van der Waals surface area contributed by atoms with Crippen LogP contribution in [0.5, 0.6) is 0 Å². The zero-order valence-corrected chi connectivity index (χ0v) is 21.7.